The van der Waals surface area contributed by atoms with Gasteiger partial charge in [0.25, 0.3) is 5.91 Å². The Morgan fingerprint density at radius 2 is 2.27 bits per heavy atom. The summed E-state index contributed by atoms with van der Waals surface area (Å²) in [6, 6.07) is 9.42. The summed E-state index contributed by atoms with van der Waals surface area (Å²) in [6.07, 6.45) is 1.66. The Kier molecular flexibility index (Phi) is 5.80. The molecule has 7 heteroatoms. The van der Waals surface area contributed by atoms with Crippen LogP contribution in [-0.4, -0.2) is 53.2 Å². The number of rotatable bonds is 5. The molecule has 0 saturated carbocycles. The van der Waals surface area contributed by atoms with Gasteiger partial charge < -0.3 is 15.2 Å². The fourth-order valence-electron chi connectivity index (χ4n) is 3.09. The fourth-order valence-corrected chi connectivity index (χ4v) is 3.09. The van der Waals surface area contributed by atoms with Gasteiger partial charge in [-0.05, 0) is 36.8 Å². The van der Waals surface area contributed by atoms with Crippen molar-refractivity contribution in [2.45, 2.75) is 25.1 Å². The van der Waals surface area contributed by atoms with Gasteiger partial charge >= 0.3 is 0 Å². The van der Waals surface area contributed by atoms with Gasteiger partial charge in [0.2, 0.25) is 0 Å². The molecule has 2 heterocycles. The van der Waals surface area contributed by atoms with E-state index in [0.717, 1.165) is 18.3 Å². The minimum absolute atomic E-state index is 0.0874. The first-order valence-corrected chi connectivity index (χ1v) is 8.51. The summed E-state index contributed by atoms with van der Waals surface area (Å²) in [4.78, 5) is 18.7. The number of aromatic nitrogens is 1. The Labute approximate surface area is 151 Å². The first-order chi connectivity index (χ1) is 12.6. The predicted molar refractivity (Wildman–Crippen MR) is 94.3 cm³/mol. The molecule has 2 atom stereocenters. The van der Waals surface area contributed by atoms with Gasteiger partial charge in [-0.15, -0.1) is 0 Å². The lowest BCUT2D eigenvalue weighted by Crippen LogP contribution is -2.53. The van der Waals surface area contributed by atoms with E-state index in [1.165, 1.54) is 19.2 Å². The lowest BCUT2D eigenvalue weighted by Gasteiger charge is -2.36. The molecule has 3 rings (SSSR count). The topological polar surface area (TPSA) is 74.7 Å². The number of carbonyl (C=O) groups is 1. The fraction of sp³-hybridized carbons (Fsp3) is 0.368. The van der Waals surface area contributed by atoms with Crippen LogP contribution in [0.2, 0.25) is 0 Å². The molecule has 0 bridgehead atoms. The summed E-state index contributed by atoms with van der Waals surface area (Å²) < 4.78 is 18.6. The molecule has 26 heavy (non-hydrogen) atoms. The summed E-state index contributed by atoms with van der Waals surface area (Å²) in [5, 5.41) is 13.2. The van der Waals surface area contributed by atoms with Crippen molar-refractivity contribution in [3.05, 3.63) is 59.7 Å². The molecule has 1 saturated heterocycles. The second kappa shape index (κ2) is 8.25. The Bertz CT molecular complexity index is 757. The molecule has 1 amide bonds. The number of methoxy groups -OCH3 is 1. The Morgan fingerprint density at radius 3 is 2.92 bits per heavy atom. The van der Waals surface area contributed by atoms with E-state index >= 15 is 0 Å². The van der Waals surface area contributed by atoms with Crippen LogP contribution in [0.5, 0.6) is 5.75 Å². The maximum atomic E-state index is 13.8. The Morgan fingerprint density at radius 1 is 1.42 bits per heavy atom. The van der Waals surface area contributed by atoms with Crippen LogP contribution >= 0.6 is 0 Å². The first-order valence-electron chi connectivity index (χ1n) is 8.51. The third kappa shape index (κ3) is 4.36. The van der Waals surface area contributed by atoms with Crippen LogP contribution in [0.3, 0.4) is 0 Å². The summed E-state index contributed by atoms with van der Waals surface area (Å²) in [6.45, 7) is 1.83. The highest BCUT2D eigenvalue weighted by Gasteiger charge is 2.29. The highest BCUT2D eigenvalue weighted by Crippen LogP contribution is 2.19. The molecule has 6 nitrogen and oxygen atoms in total. The smallest absolute Gasteiger partial charge is 0.251 e. The van der Waals surface area contributed by atoms with Gasteiger partial charge in [-0.3, -0.25) is 14.7 Å². The zero-order valence-electron chi connectivity index (χ0n) is 14.6. The van der Waals surface area contributed by atoms with Crippen molar-refractivity contribution < 1.29 is 19.0 Å². The highest BCUT2D eigenvalue weighted by molar-refractivity contribution is 5.94. The predicted octanol–water partition coefficient (Wildman–Crippen LogP) is 1.59. The molecule has 1 aliphatic rings. The van der Waals surface area contributed by atoms with Gasteiger partial charge in [-0.25, -0.2) is 4.39 Å². The standard InChI is InChI=1S/C19H22FN3O3/c1-26-18-6-5-13(10-15(18)20)19(25)22-16-7-9-23(12-17(16)24)11-14-4-2-3-8-21-14/h2-6,8,10,16-17,24H,7,9,11-12H2,1H3,(H,22,25)/t16-,17-/m1/s1. The van der Waals surface area contributed by atoms with E-state index in [-0.39, 0.29) is 17.4 Å². The highest BCUT2D eigenvalue weighted by atomic mass is 19.1. The van der Waals surface area contributed by atoms with E-state index in [1.54, 1.807) is 6.20 Å². The number of nitrogens with one attached hydrogen (secondary N) is 1. The zero-order chi connectivity index (χ0) is 18.5. The largest absolute Gasteiger partial charge is 0.494 e. The maximum absolute atomic E-state index is 13.8. The van der Waals surface area contributed by atoms with Crippen molar-refractivity contribution in [3.8, 4) is 5.75 Å². The molecule has 2 N–H and O–H groups in total. The number of hydrogen-bond acceptors (Lipinski definition) is 5. The Balaban J connectivity index is 1.56. The number of halogens is 1. The molecule has 138 valence electrons. The van der Waals surface area contributed by atoms with Crippen LogP contribution < -0.4 is 10.1 Å². The number of pyridine rings is 1. The molecule has 1 aromatic heterocycles. The number of benzene rings is 1. The first kappa shape index (κ1) is 18.3. The summed E-state index contributed by atoms with van der Waals surface area (Å²) in [5.41, 5.74) is 1.14. The van der Waals surface area contributed by atoms with Crippen LogP contribution in [0.25, 0.3) is 0 Å². The van der Waals surface area contributed by atoms with Crippen LogP contribution in [0.1, 0.15) is 22.5 Å². The van der Waals surface area contributed by atoms with Gasteiger partial charge in [-0.2, -0.15) is 0 Å². The zero-order valence-corrected chi connectivity index (χ0v) is 14.6. The summed E-state index contributed by atoms with van der Waals surface area (Å²) in [7, 11) is 1.37. The quantitative estimate of drug-likeness (QED) is 0.848. The Hall–Kier alpha value is -2.51. The van der Waals surface area contributed by atoms with E-state index in [4.69, 9.17) is 4.74 Å². The third-order valence-electron chi connectivity index (χ3n) is 4.51. The monoisotopic (exact) mass is 359 g/mol. The number of amides is 1. The van der Waals surface area contributed by atoms with Gasteiger partial charge in [0.1, 0.15) is 0 Å². The number of aliphatic hydroxyl groups excluding tert-OH is 1. The average Bonchev–Trinajstić information content (AvgIpc) is 2.64. The van der Waals surface area contributed by atoms with Crippen molar-refractivity contribution in [1.29, 1.82) is 0 Å². The number of ether oxygens (including phenoxy) is 1. The van der Waals surface area contributed by atoms with Gasteiger partial charge in [-0.1, -0.05) is 6.07 Å². The van der Waals surface area contributed by atoms with Crippen molar-refractivity contribution >= 4 is 5.91 Å². The lowest BCUT2D eigenvalue weighted by atomic mass is 10.0. The van der Waals surface area contributed by atoms with Crippen LogP contribution in [0.4, 0.5) is 4.39 Å². The summed E-state index contributed by atoms with van der Waals surface area (Å²) >= 11 is 0. The van der Waals surface area contributed by atoms with E-state index in [9.17, 15) is 14.3 Å². The second-order valence-corrected chi connectivity index (χ2v) is 6.34. The molecule has 0 aliphatic carbocycles. The van der Waals surface area contributed by atoms with Crippen LogP contribution in [0, 0.1) is 5.82 Å². The van der Waals surface area contributed by atoms with Gasteiger partial charge in [0.05, 0.1) is 24.9 Å². The molecule has 2 aromatic rings. The number of aliphatic hydroxyl groups is 1. The molecule has 0 radical (unpaired) electrons. The van der Waals surface area contributed by atoms with E-state index < -0.39 is 17.8 Å². The molecule has 1 fully saturated rings. The van der Waals surface area contributed by atoms with Crippen molar-refractivity contribution in [2.75, 3.05) is 20.2 Å². The minimum Gasteiger partial charge on any atom is -0.494 e. The normalized spacial score (nSPS) is 20.6. The van der Waals surface area contributed by atoms with Crippen molar-refractivity contribution in [2.24, 2.45) is 0 Å². The van der Waals surface area contributed by atoms with Gasteiger partial charge in [0.15, 0.2) is 11.6 Å². The number of hydrogen-bond donors (Lipinski definition) is 2. The number of piperidine rings is 1. The number of β-amino-alcohol motifs (C(OH)–C–C–N with tert-alkyl or cyclic N) is 1. The van der Waals surface area contributed by atoms with Crippen molar-refractivity contribution in [3.63, 3.8) is 0 Å². The van der Waals surface area contributed by atoms with E-state index in [2.05, 4.69) is 15.2 Å². The van der Waals surface area contributed by atoms with E-state index in [0.29, 0.717) is 19.5 Å². The molecular weight excluding hydrogens is 337 g/mol. The number of nitrogens with zero attached hydrogens (tertiary/aromatic N) is 2. The molecule has 0 unspecified atom stereocenters. The molecule has 0 spiro atoms. The minimum atomic E-state index is -0.695. The molecule has 1 aromatic carbocycles. The summed E-state index contributed by atoms with van der Waals surface area (Å²) in [5.74, 6) is -0.913. The van der Waals surface area contributed by atoms with Crippen molar-refractivity contribution in [1.82, 2.24) is 15.2 Å². The molecular formula is C19H22FN3O3. The molecule has 1 aliphatic heterocycles. The average molecular weight is 359 g/mol. The van der Waals surface area contributed by atoms with Gasteiger partial charge in [0, 0.05) is 31.4 Å². The third-order valence-corrected chi connectivity index (χ3v) is 4.51. The van der Waals surface area contributed by atoms with E-state index in [1.807, 2.05) is 18.2 Å². The van der Waals surface area contributed by atoms with Crippen LogP contribution in [0.15, 0.2) is 42.6 Å². The second-order valence-electron chi connectivity index (χ2n) is 6.34. The van der Waals surface area contributed by atoms with Crippen LogP contribution in [-0.2, 0) is 6.54 Å². The number of carbonyl (C=O) groups excluding carboxylic acids is 1. The lowest BCUT2D eigenvalue weighted by molar-refractivity contribution is 0.0345. The number of likely N-dealkylation sites (tertiary alicyclic amines) is 1. The maximum Gasteiger partial charge on any atom is 0.251 e. The SMILES string of the molecule is COc1ccc(C(=O)N[C@@H]2CCN(Cc3ccccn3)C[C@H]2O)cc1F.